The van der Waals surface area contributed by atoms with E-state index in [0.29, 0.717) is 22.5 Å². The number of nitrogens with two attached hydrogens (primary N) is 1. The van der Waals surface area contributed by atoms with Crippen LogP contribution >= 0.6 is 0 Å². The Morgan fingerprint density at radius 2 is 1.91 bits per heavy atom. The van der Waals surface area contributed by atoms with E-state index in [2.05, 4.69) is 15.0 Å². The van der Waals surface area contributed by atoms with Crippen LogP contribution in [0.25, 0.3) is 10.9 Å². The molecule has 10 heteroatoms. The van der Waals surface area contributed by atoms with Crippen LogP contribution in [0.3, 0.4) is 0 Å². The van der Waals surface area contributed by atoms with Gasteiger partial charge in [-0.15, -0.1) is 0 Å². The summed E-state index contributed by atoms with van der Waals surface area (Å²) in [5.74, 6) is 0.0189. The van der Waals surface area contributed by atoms with Gasteiger partial charge < -0.3 is 15.6 Å². The van der Waals surface area contributed by atoms with Gasteiger partial charge in [0, 0.05) is 29.4 Å². The first-order chi connectivity index (χ1) is 16.5. The molecule has 7 nitrogen and oxygen atoms in total. The van der Waals surface area contributed by atoms with Crippen molar-refractivity contribution in [2.75, 3.05) is 5.73 Å². The van der Waals surface area contributed by atoms with Gasteiger partial charge in [-0.3, -0.25) is 14.6 Å². The van der Waals surface area contributed by atoms with Crippen LogP contribution < -0.4 is 11.3 Å². The lowest BCUT2D eigenvalue weighted by Gasteiger charge is -2.29. The first kappa shape index (κ1) is 23.9. The van der Waals surface area contributed by atoms with Crippen LogP contribution in [0.1, 0.15) is 45.7 Å². The van der Waals surface area contributed by atoms with Gasteiger partial charge in [-0.2, -0.15) is 13.2 Å². The molecule has 0 aliphatic heterocycles. The number of nitrogen functional groups attached to an aromatic ring is 1. The molecule has 180 valence electrons. The third-order valence-electron chi connectivity index (χ3n) is 5.79. The smallest absolute Gasteiger partial charge is 0.383 e. The van der Waals surface area contributed by atoms with Gasteiger partial charge in [-0.25, -0.2) is 4.98 Å². The highest BCUT2D eigenvalue weighted by atomic mass is 19.4. The van der Waals surface area contributed by atoms with E-state index in [9.17, 15) is 22.8 Å². The molecule has 3 aromatic heterocycles. The SMILES string of the molecule is Cc1cc2cc(C(=O)N(Cc3ccc(C(F)(F)F)cn3)C(C)c3cc[nH]c(=O)c3)ccc2nc1N. The number of benzene rings is 1. The quantitative estimate of drug-likeness (QED) is 0.432. The number of carbonyl (C=O) groups is 1. The zero-order valence-electron chi connectivity index (χ0n) is 18.9. The van der Waals surface area contributed by atoms with E-state index in [0.717, 1.165) is 23.2 Å². The van der Waals surface area contributed by atoms with Crippen LogP contribution in [-0.2, 0) is 12.7 Å². The number of pyridine rings is 3. The number of halogens is 3. The maximum atomic E-state index is 13.7. The third-order valence-corrected chi connectivity index (χ3v) is 5.79. The minimum Gasteiger partial charge on any atom is -0.383 e. The number of aromatic amines is 1. The maximum absolute atomic E-state index is 13.7. The van der Waals surface area contributed by atoms with Crippen molar-refractivity contribution in [2.45, 2.75) is 32.6 Å². The molecule has 4 aromatic rings. The lowest BCUT2D eigenvalue weighted by molar-refractivity contribution is -0.137. The number of aromatic nitrogens is 3. The summed E-state index contributed by atoms with van der Waals surface area (Å²) in [6.45, 7) is 3.49. The first-order valence-electron chi connectivity index (χ1n) is 10.7. The van der Waals surface area contributed by atoms with Crippen molar-refractivity contribution in [1.82, 2.24) is 19.9 Å². The first-order valence-corrected chi connectivity index (χ1v) is 10.7. The standard InChI is InChI=1S/C25H22F3N5O2/c1-14-9-18-10-17(3-6-21(18)32-23(14)29)24(35)33(15(2)16-7-8-30-22(34)11-16)13-20-5-4-19(12-31-20)25(26,27)28/h3-12,15H,13H2,1-2H3,(H2,29,32)(H,30,34). The Labute approximate surface area is 198 Å². The van der Waals surface area contributed by atoms with Crippen LogP contribution in [0.15, 0.2) is 65.7 Å². The summed E-state index contributed by atoms with van der Waals surface area (Å²) in [6, 6.07) is 11.5. The normalized spacial score (nSPS) is 12.5. The number of aryl methyl sites for hydroxylation is 1. The summed E-state index contributed by atoms with van der Waals surface area (Å²) in [6.07, 6.45) is -2.30. The third kappa shape index (κ3) is 5.16. The van der Waals surface area contributed by atoms with E-state index in [1.54, 1.807) is 31.2 Å². The highest BCUT2D eigenvalue weighted by Crippen LogP contribution is 2.29. The Kier molecular flexibility index (Phi) is 6.29. The van der Waals surface area contributed by atoms with Crippen molar-refractivity contribution in [3.05, 3.63) is 99.2 Å². The Balaban J connectivity index is 1.73. The van der Waals surface area contributed by atoms with E-state index in [4.69, 9.17) is 5.73 Å². The average Bonchev–Trinajstić information content (AvgIpc) is 2.82. The van der Waals surface area contributed by atoms with Gasteiger partial charge in [0.2, 0.25) is 5.56 Å². The number of amides is 1. The molecule has 0 aliphatic rings. The Hall–Kier alpha value is -4.21. The van der Waals surface area contributed by atoms with Crippen molar-refractivity contribution in [3.63, 3.8) is 0 Å². The topological polar surface area (TPSA) is 105 Å². The second kappa shape index (κ2) is 9.21. The molecule has 1 amide bonds. The summed E-state index contributed by atoms with van der Waals surface area (Å²) in [7, 11) is 0. The van der Waals surface area contributed by atoms with E-state index < -0.39 is 17.8 Å². The van der Waals surface area contributed by atoms with Gasteiger partial charge in [-0.1, -0.05) is 0 Å². The fraction of sp³-hybridized carbons (Fsp3) is 0.200. The summed E-state index contributed by atoms with van der Waals surface area (Å²) >= 11 is 0. The molecule has 4 rings (SSSR count). The Bertz CT molecular complexity index is 1450. The molecule has 0 saturated heterocycles. The monoisotopic (exact) mass is 481 g/mol. The predicted molar refractivity (Wildman–Crippen MR) is 125 cm³/mol. The van der Waals surface area contributed by atoms with Crippen molar-refractivity contribution < 1.29 is 18.0 Å². The largest absolute Gasteiger partial charge is 0.417 e. The molecule has 0 spiro atoms. The molecule has 0 aliphatic carbocycles. The van der Waals surface area contributed by atoms with E-state index in [-0.39, 0.29) is 23.7 Å². The molecule has 3 N–H and O–H groups in total. The molecule has 0 fully saturated rings. The van der Waals surface area contributed by atoms with Crippen LogP contribution in [0.4, 0.5) is 19.0 Å². The lowest BCUT2D eigenvalue weighted by atomic mass is 10.0. The van der Waals surface area contributed by atoms with Crippen LogP contribution in [0.5, 0.6) is 0 Å². The molecule has 0 bridgehead atoms. The fourth-order valence-electron chi connectivity index (χ4n) is 3.74. The number of fused-ring (bicyclic) bond motifs is 1. The number of H-pyrrole nitrogens is 1. The van der Waals surface area contributed by atoms with Gasteiger partial charge in [0.05, 0.1) is 29.4 Å². The van der Waals surface area contributed by atoms with Gasteiger partial charge in [0.25, 0.3) is 5.91 Å². The van der Waals surface area contributed by atoms with Crippen LogP contribution in [0, 0.1) is 6.92 Å². The number of nitrogens with zero attached hydrogens (tertiary/aromatic N) is 3. The Morgan fingerprint density at radius 3 is 2.57 bits per heavy atom. The van der Waals surface area contributed by atoms with Crippen molar-refractivity contribution in [3.8, 4) is 0 Å². The summed E-state index contributed by atoms with van der Waals surface area (Å²) in [5, 5.41) is 0.721. The van der Waals surface area contributed by atoms with Crippen molar-refractivity contribution in [2.24, 2.45) is 0 Å². The maximum Gasteiger partial charge on any atom is 0.417 e. The van der Waals surface area contributed by atoms with Gasteiger partial charge in [0.15, 0.2) is 0 Å². The van der Waals surface area contributed by atoms with Gasteiger partial charge in [0.1, 0.15) is 5.82 Å². The molecular formula is C25H22F3N5O2. The summed E-state index contributed by atoms with van der Waals surface area (Å²) < 4.78 is 38.9. The second-order valence-corrected chi connectivity index (χ2v) is 8.23. The highest BCUT2D eigenvalue weighted by molar-refractivity contribution is 5.98. The van der Waals surface area contributed by atoms with Crippen LogP contribution in [-0.4, -0.2) is 25.8 Å². The molecule has 35 heavy (non-hydrogen) atoms. The van der Waals surface area contributed by atoms with Crippen LogP contribution in [0.2, 0.25) is 0 Å². The molecule has 1 atom stereocenters. The number of alkyl halides is 3. The molecule has 1 unspecified atom stereocenters. The fourth-order valence-corrected chi connectivity index (χ4v) is 3.74. The Morgan fingerprint density at radius 1 is 1.14 bits per heavy atom. The van der Waals surface area contributed by atoms with Gasteiger partial charge in [-0.05, 0) is 67.4 Å². The van der Waals surface area contributed by atoms with E-state index in [1.165, 1.54) is 23.2 Å². The lowest BCUT2D eigenvalue weighted by Crippen LogP contribution is -2.34. The highest BCUT2D eigenvalue weighted by Gasteiger charge is 2.31. The average molecular weight is 481 g/mol. The van der Waals surface area contributed by atoms with Gasteiger partial charge >= 0.3 is 6.18 Å². The zero-order chi connectivity index (χ0) is 25.3. The van der Waals surface area contributed by atoms with E-state index >= 15 is 0 Å². The molecule has 1 aromatic carbocycles. The minimum absolute atomic E-state index is 0.0675. The molecule has 3 heterocycles. The summed E-state index contributed by atoms with van der Waals surface area (Å²) in [4.78, 5) is 37.7. The number of hydrogen-bond donors (Lipinski definition) is 2. The minimum atomic E-state index is -4.51. The summed E-state index contributed by atoms with van der Waals surface area (Å²) in [5.41, 5.74) is 7.26. The number of nitrogens with one attached hydrogen (secondary N) is 1. The van der Waals surface area contributed by atoms with E-state index in [1.807, 2.05) is 13.0 Å². The molecule has 0 saturated carbocycles. The predicted octanol–water partition coefficient (Wildman–Crippen LogP) is 4.63. The number of anilines is 1. The second-order valence-electron chi connectivity index (χ2n) is 8.23. The van der Waals surface area contributed by atoms with Crippen molar-refractivity contribution >= 4 is 22.6 Å². The number of carbonyl (C=O) groups excluding carboxylic acids is 1. The molecule has 0 radical (unpaired) electrons. The number of hydrogen-bond acceptors (Lipinski definition) is 5. The van der Waals surface area contributed by atoms with Crippen molar-refractivity contribution in [1.29, 1.82) is 0 Å². The number of rotatable bonds is 5. The zero-order valence-corrected chi connectivity index (χ0v) is 18.9. The molecular weight excluding hydrogens is 459 g/mol.